The lowest BCUT2D eigenvalue weighted by atomic mass is 9.58. The third-order valence-corrected chi connectivity index (χ3v) is 10.1. The summed E-state index contributed by atoms with van der Waals surface area (Å²) >= 11 is 0. The van der Waals surface area contributed by atoms with Gasteiger partial charge in [0, 0.05) is 23.8 Å². The summed E-state index contributed by atoms with van der Waals surface area (Å²) in [5.74, 6) is 1.12. The summed E-state index contributed by atoms with van der Waals surface area (Å²) in [7, 11) is 4.38. The average molecular weight is 439 g/mol. The maximum Gasteiger partial charge on any atom is 0.0975 e. The maximum absolute atomic E-state index is 7.38. The van der Waals surface area contributed by atoms with Crippen molar-refractivity contribution in [3.63, 3.8) is 0 Å². The molecular weight excluding hydrogens is 404 g/mol. The molecule has 5 aliphatic rings. The zero-order valence-electron chi connectivity index (χ0n) is 20.1. The second-order valence-corrected chi connectivity index (χ2v) is 11.7. The first-order valence-electron chi connectivity index (χ1n) is 12.8. The van der Waals surface area contributed by atoms with Crippen LogP contribution in [0.3, 0.4) is 0 Å². The van der Waals surface area contributed by atoms with Gasteiger partial charge in [0.2, 0.25) is 0 Å². The summed E-state index contributed by atoms with van der Waals surface area (Å²) in [6.45, 7) is 2.56. The molecule has 6 atom stereocenters. The average Bonchev–Trinajstić information content (AvgIpc) is 3.33. The lowest BCUT2D eigenvalue weighted by Crippen LogP contribution is -2.54. The molecule has 3 nitrogen and oxygen atoms in total. The number of aromatic nitrogens is 1. The largest absolute Gasteiger partial charge is 0.359 e. The number of ether oxygens (including phenoxy) is 1. The molecule has 1 saturated carbocycles. The first kappa shape index (κ1) is 20.2. The Bertz CT molecular complexity index is 1240. The Morgan fingerprint density at radius 2 is 2.00 bits per heavy atom. The van der Waals surface area contributed by atoms with Crippen molar-refractivity contribution in [2.24, 2.45) is 11.3 Å². The van der Waals surface area contributed by atoms with Crippen molar-refractivity contribution in [1.82, 2.24) is 9.88 Å². The molecule has 7 rings (SSSR count). The van der Waals surface area contributed by atoms with Crippen LogP contribution in [-0.4, -0.2) is 41.2 Å². The molecule has 2 fully saturated rings. The van der Waals surface area contributed by atoms with Gasteiger partial charge < -0.3 is 9.64 Å². The van der Waals surface area contributed by atoms with Crippen LogP contribution in [0.4, 0.5) is 0 Å². The molecule has 1 aromatic carbocycles. The molecule has 170 valence electrons. The van der Waals surface area contributed by atoms with Crippen LogP contribution in [0.5, 0.6) is 0 Å². The van der Waals surface area contributed by atoms with Gasteiger partial charge in [-0.3, -0.25) is 4.98 Å². The molecule has 2 spiro atoms. The van der Waals surface area contributed by atoms with E-state index in [0.29, 0.717) is 17.9 Å². The molecule has 2 aromatic rings. The predicted octanol–water partition coefficient (Wildman–Crippen LogP) is 6.18. The van der Waals surface area contributed by atoms with Gasteiger partial charge in [0.1, 0.15) is 0 Å². The smallest absolute Gasteiger partial charge is 0.0975 e. The molecule has 0 amide bonds. The molecule has 0 unspecified atom stereocenters. The fourth-order valence-corrected chi connectivity index (χ4v) is 8.35. The Morgan fingerprint density at radius 3 is 2.88 bits per heavy atom. The topological polar surface area (TPSA) is 25.4 Å². The molecule has 2 aliphatic heterocycles. The predicted molar refractivity (Wildman–Crippen MR) is 133 cm³/mol. The van der Waals surface area contributed by atoms with Gasteiger partial charge >= 0.3 is 0 Å². The normalized spacial score (nSPS) is 40.9. The zero-order valence-corrected chi connectivity index (χ0v) is 20.1. The van der Waals surface area contributed by atoms with Gasteiger partial charge in [-0.15, -0.1) is 0 Å². The molecule has 33 heavy (non-hydrogen) atoms. The fourth-order valence-electron chi connectivity index (χ4n) is 8.35. The quantitative estimate of drug-likeness (QED) is 0.560. The Kier molecular flexibility index (Phi) is 4.08. The van der Waals surface area contributed by atoms with Gasteiger partial charge in [-0.2, -0.15) is 0 Å². The fraction of sp³-hybridized carbons (Fsp3) is 0.500. The summed E-state index contributed by atoms with van der Waals surface area (Å²) in [5.41, 5.74) is 4.40. The molecule has 3 heteroatoms. The van der Waals surface area contributed by atoms with E-state index in [-0.39, 0.29) is 16.6 Å². The van der Waals surface area contributed by atoms with Gasteiger partial charge in [0.25, 0.3) is 0 Å². The van der Waals surface area contributed by atoms with Crippen LogP contribution in [0.15, 0.2) is 72.1 Å². The van der Waals surface area contributed by atoms with E-state index in [1.807, 2.05) is 6.20 Å². The molecule has 0 N–H and O–H groups in total. The highest BCUT2D eigenvalue weighted by molar-refractivity contribution is 5.85. The second kappa shape index (κ2) is 6.67. The van der Waals surface area contributed by atoms with Crippen molar-refractivity contribution in [3.8, 4) is 0 Å². The Labute approximate surface area is 197 Å². The van der Waals surface area contributed by atoms with Crippen molar-refractivity contribution in [2.45, 2.75) is 68.6 Å². The Hall–Kier alpha value is -2.23. The summed E-state index contributed by atoms with van der Waals surface area (Å²) in [6, 6.07) is 9.44. The third kappa shape index (κ3) is 2.56. The first-order chi connectivity index (χ1) is 16.0. The van der Waals surface area contributed by atoms with E-state index in [0.717, 1.165) is 25.7 Å². The first-order valence-corrected chi connectivity index (χ1v) is 12.8. The van der Waals surface area contributed by atoms with E-state index >= 15 is 0 Å². The summed E-state index contributed by atoms with van der Waals surface area (Å²) < 4.78 is 7.38. The number of hydrogen-bond donors (Lipinski definition) is 0. The minimum Gasteiger partial charge on any atom is -0.359 e. The van der Waals surface area contributed by atoms with E-state index in [1.165, 1.54) is 40.3 Å². The molecule has 0 radical (unpaired) electrons. The standard InChI is InChI=1S/C30H34N2O/c1-28-13-11-22-17-21-7-8-23(32(2)3)18-29(21)14-15-30(22,33-29)27(28)10-9-26(28)24-6-4-5-20-12-16-31-19-25(20)24/h4-8,11-12,16-17,19,23,26-27H,9-10,13-15,18H2,1-3H3/t23-,26-,27-,28-,29-,30-/m1/s1. The van der Waals surface area contributed by atoms with Crippen molar-refractivity contribution in [1.29, 1.82) is 0 Å². The van der Waals surface area contributed by atoms with Gasteiger partial charge in [-0.05, 0) is 98.0 Å². The van der Waals surface area contributed by atoms with Crippen LogP contribution < -0.4 is 0 Å². The Morgan fingerprint density at radius 1 is 1.09 bits per heavy atom. The van der Waals surface area contributed by atoms with Crippen LogP contribution in [0, 0.1) is 11.3 Å². The van der Waals surface area contributed by atoms with E-state index in [2.05, 4.69) is 85.7 Å². The number of benzene rings is 1. The Balaban J connectivity index is 1.32. The van der Waals surface area contributed by atoms with Gasteiger partial charge in [0.15, 0.2) is 0 Å². The lowest BCUT2D eigenvalue weighted by molar-refractivity contribution is -0.132. The number of hydrogen-bond acceptors (Lipinski definition) is 3. The summed E-state index contributed by atoms with van der Waals surface area (Å²) in [4.78, 5) is 6.82. The van der Waals surface area contributed by atoms with E-state index in [9.17, 15) is 0 Å². The zero-order chi connectivity index (χ0) is 22.4. The number of pyridine rings is 1. The highest BCUT2D eigenvalue weighted by Crippen LogP contribution is 2.69. The third-order valence-electron chi connectivity index (χ3n) is 10.1. The van der Waals surface area contributed by atoms with Crippen LogP contribution in [0.2, 0.25) is 0 Å². The minimum atomic E-state index is -0.101. The van der Waals surface area contributed by atoms with Crippen LogP contribution in [-0.2, 0) is 4.74 Å². The van der Waals surface area contributed by atoms with Crippen molar-refractivity contribution < 1.29 is 4.74 Å². The summed E-state index contributed by atoms with van der Waals surface area (Å²) in [5, 5.41) is 2.64. The minimum absolute atomic E-state index is 0.0965. The summed E-state index contributed by atoms with van der Waals surface area (Å²) in [6.07, 6.45) is 20.8. The van der Waals surface area contributed by atoms with Gasteiger partial charge in [-0.25, -0.2) is 0 Å². The lowest BCUT2D eigenvalue weighted by Gasteiger charge is -2.54. The maximum atomic E-state index is 7.38. The molecule has 2 bridgehead atoms. The van der Waals surface area contributed by atoms with Crippen molar-refractivity contribution >= 4 is 10.8 Å². The van der Waals surface area contributed by atoms with Gasteiger partial charge in [-0.1, -0.05) is 49.4 Å². The highest BCUT2D eigenvalue weighted by Gasteiger charge is 2.66. The number of fused-ring (bicyclic) bond motifs is 2. The molecule has 1 saturated heterocycles. The number of rotatable bonds is 2. The number of nitrogens with zero attached hydrogens (tertiary/aromatic N) is 2. The second-order valence-electron chi connectivity index (χ2n) is 11.7. The molecule has 1 aromatic heterocycles. The number of likely N-dealkylation sites (N-methyl/N-ethyl adjacent to an activating group) is 1. The highest BCUT2D eigenvalue weighted by atomic mass is 16.5. The molecule has 3 aliphatic carbocycles. The van der Waals surface area contributed by atoms with Crippen molar-refractivity contribution in [2.75, 3.05) is 14.1 Å². The van der Waals surface area contributed by atoms with Crippen LogP contribution in [0.1, 0.15) is 56.9 Å². The van der Waals surface area contributed by atoms with E-state index < -0.39 is 0 Å². The van der Waals surface area contributed by atoms with Crippen LogP contribution >= 0.6 is 0 Å². The number of allylic oxidation sites excluding steroid dienone is 1. The van der Waals surface area contributed by atoms with E-state index in [4.69, 9.17) is 4.74 Å². The van der Waals surface area contributed by atoms with Crippen LogP contribution in [0.25, 0.3) is 10.8 Å². The monoisotopic (exact) mass is 438 g/mol. The molecule has 3 heterocycles. The SMILES string of the molecule is CN(C)[C@@H]1C=CC2=CC3=CC[C@]4(C)[C@@H](c5cccc6ccncc56)CC[C@H]4[C@@]34CC[C@]2(C1)O4. The van der Waals surface area contributed by atoms with E-state index in [1.54, 1.807) is 0 Å². The molecular formula is C30H34N2O. The van der Waals surface area contributed by atoms with Gasteiger partial charge in [0.05, 0.1) is 11.2 Å². The van der Waals surface area contributed by atoms with Crippen molar-refractivity contribution in [3.05, 3.63) is 77.7 Å².